The first-order valence-corrected chi connectivity index (χ1v) is 6.54. The van der Waals surface area contributed by atoms with Gasteiger partial charge in [-0.1, -0.05) is 22.6 Å². The largest absolute Gasteiger partial charge is 0.271 e. The molecule has 16 heavy (non-hydrogen) atoms. The van der Waals surface area contributed by atoms with E-state index in [0.717, 1.165) is 17.0 Å². The predicted molar refractivity (Wildman–Crippen MR) is 65.9 cm³/mol. The Morgan fingerprint density at radius 1 is 1.44 bits per heavy atom. The molecule has 1 heterocycles. The average Bonchev–Trinajstić information content (AvgIpc) is 2.57. The van der Waals surface area contributed by atoms with Crippen LogP contribution in [0.5, 0.6) is 0 Å². The zero-order valence-electron chi connectivity index (χ0n) is 9.57. The molecule has 0 aliphatic heterocycles. The predicted octanol–water partition coefficient (Wildman–Crippen LogP) is 2.24. The molecular formula is C11H18N4S. The number of hydrazine groups is 1. The van der Waals surface area contributed by atoms with Gasteiger partial charge >= 0.3 is 0 Å². The van der Waals surface area contributed by atoms with Crippen LogP contribution in [0.2, 0.25) is 0 Å². The van der Waals surface area contributed by atoms with Crippen molar-refractivity contribution in [3.8, 4) is 0 Å². The van der Waals surface area contributed by atoms with Crippen LogP contribution in [0.3, 0.4) is 0 Å². The second-order valence-electron chi connectivity index (χ2n) is 4.20. The number of aryl methyl sites for hydroxylation is 1. The van der Waals surface area contributed by atoms with Crippen molar-refractivity contribution in [3.05, 3.63) is 22.2 Å². The molecule has 1 aromatic heterocycles. The molecule has 0 aromatic carbocycles. The second-order valence-corrected chi connectivity index (χ2v) is 4.99. The molecule has 1 atom stereocenters. The Hall–Kier alpha value is -0.780. The van der Waals surface area contributed by atoms with Gasteiger partial charge in [-0.15, -0.1) is 5.10 Å². The van der Waals surface area contributed by atoms with E-state index in [2.05, 4.69) is 21.1 Å². The van der Waals surface area contributed by atoms with E-state index in [1.54, 1.807) is 0 Å². The van der Waals surface area contributed by atoms with Crippen LogP contribution >= 0.6 is 11.5 Å². The maximum atomic E-state index is 5.68. The molecule has 0 saturated carbocycles. The standard InChI is InChI=1S/C11H18N4S/c1-8-11(16-15-14-8)10(13-12)9-6-4-2-3-5-7-9/h6,10,13H,2-5,7,12H2,1H3. The Labute approximate surface area is 100 Å². The van der Waals surface area contributed by atoms with Crippen LogP contribution in [0.25, 0.3) is 0 Å². The van der Waals surface area contributed by atoms with Gasteiger partial charge in [0.1, 0.15) is 0 Å². The van der Waals surface area contributed by atoms with E-state index in [-0.39, 0.29) is 6.04 Å². The topological polar surface area (TPSA) is 63.8 Å². The maximum absolute atomic E-state index is 5.68. The van der Waals surface area contributed by atoms with Crippen molar-refractivity contribution in [1.29, 1.82) is 0 Å². The van der Waals surface area contributed by atoms with Crippen molar-refractivity contribution in [2.75, 3.05) is 0 Å². The lowest BCUT2D eigenvalue weighted by Crippen LogP contribution is -2.29. The fourth-order valence-corrected chi connectivity index (χ4v) is 2.90. The molecule has 0 saturated heterocycles. The lowest BCUT2D eigenvalue weighted by atomic mass is 10.0. The Kier molecular flexibility index (Phi) is 4.04. The van der Waals surface area contributed by atoms with Crippen LogP contribution in [0.15, 0.2) is 11.6 Å². The molecule has 0 bridgehead atoms. The number of rotatable bonds is 3. The molecule has 3 N–H and O–H groups in total. The molecule has 0 radical (unpaired) electrons. The van der Waals surface area contributed by atoms with E-state index in [0.29, 0.717) is 0 Å². The molecule has 0 fully saturated rings. The smallest absolute Gasteiger partial charge is 0.0797 e. The van der Waals surface area contributed by atoms with Gasteiger partial charge in [-0.05, 0) is 44.1 Å². The monoisotopic (exact) mass is 238 g/mol. The minimum absolute atomic E-state index is 0.109. The summed E-state index contributed by atoms with van der Waals surface area (Å²) in [4.78, 5) is 1.15. The summed E-state index contributed by atoms with van der Waals surface area (Å²) in [6, 6.07) is 0.109. The fourth-order valence-electron chi connectivity index (χ4n) is 2.16. The van der Waals surface area contributed by atoms with E-state index in [4.69, 9.17) is 5.84 Å². The van der Waals surface area contributed by atoms with E-state index in [1.807, 2.05) is 6.92 Å². The molecule has 4 nitrogen and oxygen atoms in total. The Morgan fingerprint density at radius 2 is 2.31 bits per heavy atom. The first-order valence-electron chi connectivity index (χ1n) is 5.77. The Bertz CT molecular complexity index is 372. The van der Waals surface area contributed by atoms with Crippen LogP contribution < -0.4 is 11.3 Å². The summed E-state index contributed by atoms with van der Waals surface area (Å²) >= 11 is 1.44. The molecule has 0 amide bonds. The highest BCUT2D eigenvalue weighted by Crippen LogP contribution is 2.31. The minimum atomic E-state index is 0.109. The molecule has 1 unspecified atom stereocenters. The lowest BCUT2D eigenvalue weighted by molar-refractivity contribution is 0.597. The highest BCUT2D eigenvalue weighted by atomic mass is 32.1. The SMILES string of the molecule is Cc1nnsc1C(NN)C1=CCCCCC1. The molecule has 5 heteroatoms. The Morgan fingerprint density at radius 3 is 3.00 bits per heavy atom. The van der Waals surface area contributed by atoms with E-state index >= 15 is 0 Å². The maximum Gasteiger partial charge on any atom is 0.0797 e. The summed E-state index contributed by atoms with van der Waals surface area (Å²) in [5, 5.41) is 4.05. The van der Waals surface area contributed by atoms with Crippen molar-refractivity contribution >= 4 is 11.5 Å². The van der Waals surface area contributed by atoms with E-state index in [1.165, 1.54) is 42.8 Å². The van der Waals surface area contributed by atoms with Crippen LogP contribution in [-0.2, 0) is 0 Å². The number of nitrogens with two attached hydrogens (primary N) is 1. The molecule has 88 valence electrons. The van der Waals surface area contributed by atoms with Gasteiger partial charge in [0.2, 0.25) is 0 Å². The fraction of sp³-hybridized carbons (Fsp3) is 0.636. The van der Waals surface area contributed by atoms with Crippen molar-refractivity contribution in [1.82, 2.24) is 15.0 Å². The van der Waals surface area contributed by atoms with Crippen molar-refractivity contribution < 1.29 is 0 Å². The average molecular weight is 238 g/mol. The summed E-state index contributed by atoms with van der Waals surface area (Å²) in [7, 11) is 0. The third kappa shape index (κ3) is 2.48. The number of nitrogens with zero attached hydrogens (tertiary/aromatic N) is 2. The summed E-state index contributed by atoms with van der Waals surface area (Å²) in [6.45, 7) is 1.99. The minimum Gasteiger partial charge on any atom is -0.271 e. The molecule has 1 aliphatic rings. The quantitative estimate of drug-likeness (QED) is 0.481. The normalized spacial score (nSPS) is 19.0. The highest BCUT2D eigenvalue weighted by Gasteiger charge is 2.20. The third-order valence-corrected chi connectivity index (χ3v) is 3.95. The second kappa shape index (κ2) is 5.52. The summed E-state index contributed by atoms with van der Waals surface area (Å²) < 4.78 is 3.98. The van der Waals surface area contributed by atoms with Crippen LogP contribution in [-0.4, -0.2) is 9.59 Å². The summed E-state index contributed by atoms with van der Waals surface area (Å²) in [5.41, 5.74) is 5.29. The number of hydrogen-bond acceptors (Lipinski definition) is 5. The van der Waals surface area contributed by atoms with Gasteiger partial charge in [0, 0.05) is 0 Å². The Balaban J connectivity index is 2.21. The summed E-state index contributed by atoms with van der Waals surface area (Å²) in [5.74, 6) is 5.68. The van der Waals surface area contributed by atoms with Crippen LogP contribution in [0.1, 0.15) is 48.7 Å². The number of nitrogens with one attached hydrogen (secondary N) is 1. The van der Waals surface area contributed by atoms with Gasteiger partial charge in [0.05, 0.1) is 16.6 Å². The van der Waals surface area contributed by atoms with Gasteiger partial charge in [-0.25, -0.2) is 5.43 Å². The van der Waals surface area contributed by atoms with Gasteiger partial charge in [0.25, 0.3) is 0 Å². The van der Waals surface area contributed by atoms with Crippen LogP contribution in [0, 0.1) is 6.92 Å². The van der Waals surface area contributed by atoms with Gasteiger partial charge in [0.15, 0.2) is 0 Å². The van der Waals surface area contributed by atoms with Gasteiger partial charge in [-0.2, -0.15) is 0 Å². The van der Waals surface area contributed by atoms with E-state index in [9.17, 15) is 0 Å². The van der Waals surface area contributed by atoms with Gasteiger partial charge < -0.3 is 0 Å². The third-order valence-electron chi connectivity index (χ3n) is 3.06. The molecule has 2 rings (SSSR count). The number of hydrogen-bond donors (Lipinski definition) is 2. The van der Waals surface area contributed by atoms with Crippen molar-refractivity contribution in [2.24, 2.45) is 5.84 Å². The number of allylic oxidation sites excluding steroid dienone is 1. The van der Waals surface area contributed by atoms with Crippen molar-refractivity contribution in [2.45, 2.75) is 45.1 Å². The zero-order chi connectivity index (χ0) is 11.4. The molecule has 0 spiro atoms. The van der Waals surface area contributed by atoms with Crippen molar-refractivity contribution in [3.63, 3.8) is 0 Å². The van der Waals surface area contributed by atoms with Crippen LogP contribution in [0.4, 0.5) is 0 Å². The highest BCUT2D eigenvalue weighted by molar-refractivity contribution is 7.05. The molecule has 1 aromatic rings. The lowest BCUT2D eigenvalue weighted by Gasteiger charge is -2.17. The van der Waals surface area contributed by atoms with E-state index < -0.39 is 0 Å². The summed E-state index contributed by atoms with van der Waals surface area (Å²) in [6.07, 6.45) is 8.49. The van der Waals surface area contributed by atoms with Gasteiger partial charge in [-0.3, -0.25) is 5.84 Å². The molecule has 1 aliphatic carbocycles. The molecular weight excluding hydrogens is 220 g/mol. The zero-order valence-corrected chi connectivity index (χ0v) is 10.4. The number of aromatic nitrogens is 2. The first kappa shape index (κ1) is 11.7. The first-order chi connectivity index (χ1) is 7.83.